The number of anilines is 1. The van der Waals surface area contributed by atoms with Crippen molar-refractivity contribution in [2.45, 2.75) is 45.8 Å². The number of nitrogens with zero attached hydrogens (tertiary/aromatic N) is 3. The van der Waals surface area contributed by atoms with Gasteiger partial charge in [-0.1, -0.05) is 35.9 Å². The first-order chi connectivity index (χ1) is 15.3. The van der Waals surface area contributed by atoms with Gasteiger partial charge < -0.3 is 19.5 Å². The number of imidazole rings is 1. The number of halogens is 1. The molecule has 1 aliphatic rings. The predicted octanol–water partition coefficient (Wildman–Crippen LogP) is 5.80. The van der Waals surface area contributed by atoms with E-state index in [-0.39, 0.29) is 6.09 Å². The minimum atomic E-state index is -0.477. The lowest BCUT2D eigenvalue weighted by atomic mass is 9.98. The summed E-state index contributed by atoms with van der Waals surface area (Å²) in [6, 6.07) is 16.1. The van der Waals surface area contributed by atoms with Crippen molar-refractivity contribution in [2.75, 3.05) is 25.0 Å². The highest BCUT2D eigenvalue weighted by Gasteiger charge is 2.27. The van der Waals surface area contributed by atoms with Gasteiger partial charge in [-0.25, -0.2) is 9.78 Å². The lowest BCUT2D eigenvalue weighted by Crippen LogP contribution is -2.44. The lowest BCUT2D eigenvalue weighted by molar-refractivity contribution is 0.0172. The number of hydrogen-bond donors (Lipinski definition) is 1. The Hall–Kier alpha value is -2.73. The second kappa shape index (κ2) is 9.41. The highest BCUT2D eigenvalue weighted by atomic mass is 35.5. The van der Waals surface area contributed by atoms with Gasteiger partial charge in [0.15, 0.2) is 0 Å². The molecule has 4 rings (SSSR count). The van der Waals surface area contributed by atoms with Gasteiger partial charge in [0.2, 0.25) is 5.95 Å². The summed E-state index contributed by atoms with van der Waals surface area (Å²) in [7, 11) is 0. The maximum Gasteiger partial charge on any atom is 0.410 e. The fourth-order valence-corrected chi connectivity index (χ4v) is 4.23. The number of benzene rings is 2. The molecule has 170 valence electrons. The molecule has 0 aliphatic carbocycles. The summed E-state index contributed by atoms with van der Waals surface area (Å²) in [5.41, 5.74) is 2.73. The van der Waals surface area contributed by atoms with Gasteiger partial charge in [0.1, 0.15) is 5.60 Å². The summed E-state index contributed by atoms with van der Waals surface area (Å²) in [5.74, 6) is 1.19. The zero-order valence-electron chi connectivity index (χ0n) is 19.0. The normalized spacial score (nSPS) is 16.9. The number of piperidine rings is 1. The van der Waals surface area contributed by atoms with Crippen LogP contribution in [0.2, 0.25) is 5.02 Å². The molecule has 0 bridgehead atoms. The van der Waals surface area contributed by atoms with Gasteiger partial charge in [-0.05, 0) is 69.4 Å². The van der Waals surface area contributed by atoms with E-state index in [2.05, 4.69) is 16.0 Å². The number of aromatic nitrogens is 2. The van der Waals surface area contributed by atoms with Crippen molar-refractivity contribution in [3.63, 3.8) is 0 Å². The van der Waals surface area contributed by atoms with Gasteiger partial charge in [-0.2, -0.15) is 0 Å². The Kier molecular flexibility index (Phi) is 6.60. The van der Waals surface area contributed by atoms with Crippen LogP contribution in [0.25, 0.3) is 11.0 Å². The van der Waals surface area contributed by atoms with Crippen LogP contribution >= 0.6 is 11.6 Å². The molecule has 7 heteroatoms. The number of nitrogens with one attached hydrogen (secondary N) is 1. The number of carbonyl (C=O) groups excluding carboxylic acids is 1. The van der Waals surface area contributed by atoms with E-state index in [0.717, 1.165) is 53.5 Å². The molecule has 1 unspecified atom stereocenters. The Morgan fingerprint density at radius 3 is 2.69 bits per heavy atom. The molecule has 2 aromatic carbocycles. The van der Waals surface area contributed by atoms with Crippen molar-refractivity contribution in [1.82, 2.24) is 14.5 Å². The van der Waals surface area contributed by atoms with Crippen LogP contribution in [0.5, 0.6) is 0 Å². The molecule has 1 aliphatic heterocycles. The molecule has 1 saturated heterocycles. The number of fused-ring (bicyclic) bond motifs is 1. The maximum atomic E-state index is 12.5. The molecule has 32 heavy (non-hydrogen) atoms. The topological polar surface area (TPSA) is 59.4 Å². The van der Waals surface area contributed by atoms with Crippen LogP contribution in [0.1, 0.15) is 39.2 Å². The average molecular weight is 455 g/mol. The summed E-state index contributed by atoms with van der Waals surface area (Å²) < 4.78 is 7.76. The number of hydrogen-bond acceptors (Lipinski definition) is 4. The molecular formula is C25H31ClN4O2. The van der Waals surface area contributed by atoms with Crippen LogP contribution < -0.4 is 5.32 Å². The van der Waals surface area contributed by atoms with E-state index in [4.69, 9.17) is 21.3 Å². The number of amides is 1. The summed E-state index contributed by atoms with van der Waals surface area (Å²) >= 11 is 6.06. The van der Waals surface area contributed by atoms with Crippen molar-refractivity contribution in [1.29, 1.82) is 0 Å². The lowest BCUT2D eigenvalue weighted by Gasteiger charge is -2.34. The quantitative estimate of drug-likeness (QED) is 0.529. The first kappa shape index (κ1) is 22.5. The molecule has 2 heterocycles. The van der Waals surface area contributed by atoms with Crippen molar-refractivity contribution in [3.05, 3.63) is 59.1 Å². The van der Waals surface area contributed by atoms with E-state index >= 15 is 0 Å². The fourth-order valence-electron chi connectivity index (χ4n) is 4.10. The van der Waals surface area contributed by atoms with Crippen LogP contribution in [0.3, 0.4) is 0 Å². The third-order valence-corrected chi connectivity index (χ3v) is 5.88. The monoisotopic (exact) mass is 454 g/mol. The van der Waals surface area contributed by atoms with Crippen LogP contribution in [-0.2, 0) is 11.3 Å². The van der Waals surface area contributed by atoms with Gasteiger partial charge in [-0.3, -0.25) is 0 Å². The van der Waals surface area contributed by atoms with E-state index < -0.39 is 5.60 Å². The number of ether oxygens (including phenoxy) is 1. The predicted molar refractivity (Wildman–Crippen MR) is 129 cm³/mol. The standard InChI is InChI=1S/C25H31ClN4O2/c1-25(2,3)32-24(31)29-14-6-7-19(16-29)15-27-23-28-21-8-4-5-9-22(21)30(23)17-18-10-12-20(26)13-11-18/h4-5,8-13,19H,6-7,14-17H2,1-3H3,(H,27,28). The number of rotatable bonds is 5. The molecule has 1 aromatic heterocycles. The van der Waals surface area contributed by atoms with Crippen molar-refractivity contribution >= 4 is 34.7 Å². The average Bonchev–Trinajstić information content (AvgIpc) is 3.10. The molecule has 1 fully saturated rings. The molecular weight excluding hydrogens is 424 g/mol. The van der Waals surface area contributed by atoms with E-state index in [1.807, 2.05) is 68.1 Å². The zero-order chi connectivity index (χ0) is 22.7. The second-order valence-electron chi connectivity index (χ2n) is 9.45. The largest absolute Gasteiger partial charge is 0.444 e. The van der Waals surface area contributed by atoms with E-state index in [1.165, 1.54) is 0 Å². The van der Waals surface area contributed by atoms with Gasteiger partial charge in [0.25, 0.3) is 0 Å². The van der Waals surface area contributed by atoms with Gasteiger partial charge in [0.05, 0.1) is 17.6 Å². The minimum absolute atomic E-state index is 0.225. The Balaban J connectivity index is 1.47. The molecule has 0 spiro atoms. The Morgan fingerprint density at radius 2 is 1.94 bits per heavy atom. The van der Waals surface area contributed by atoms with Gasteiger partial charge >= 0.3 is 6.09 Å². The summed E-state index contributed by atoms with van der Waals surface area (Å²) in [6.45, 7) is 8.61. The van der Waals surface area contributed by atoms with E-state index in [0.29, 0.717) is 19.0 Å². The van der Waals surface area contributed by atoms with Crippen LogP contribution in [0.15, 0.2) is 48.5 Å². The first-order valence-electron chi connectivity index (χ1n) is 11.2. The van der Waals surface area contributed by atoms with Gasteiger partial charge in [-0.15, -0.1) is 0 Å². The van der Waals surface area contributed by atoms with Crippen LogP contribution in [0.4, 0.5) is 10.7 Å². The molecule has 6 nitrogen and oxygen atoms in total. The maximum absolute atomic E-state index is 12.5. The molecule has 1 amide bonds. The molecule has 0 saturated carbocycles. The Bertz CT molecular complexity index is 1070. The molecule has 0 radical (unpaired) electrons. The molecule has 3 aromatic rings. The summed E-state index contributed by atoms with van der Waals surface area (Å²) in [6.07, 6.45) is 1.83. The number of para-hydroxylation sites is 2. The van der Waals surface area contributed by atoms with Crippen LogP contribution in [-0.4, -0.2) is 45.8 Å². The third-order valence-electron chi connectivity index (χ3n) is 5.63. The first-order valence-corrected chi connectivity index (χ1v) is 11.6. The number of carbonyl (C=O) groups is 1. The Morgan fingerprint density at radius 1 is 1.19 bits per heavy atom. The summed E-state index contributed by atoms with van der Waals surface area (Å²) in [4.78, 5) is 19.2. The SMILES string of the molecule is CC(C)(C)OC(=O)N1CCCC(CNc2nc3ccccc3n2Cc2ccc(Cl)cc2)C1. The van der Waals surface area contributed by atoms with Crippen LogP contribution in [0, 0.1) is 5.92 Å². The zero-order valence-corrected chi connectivity index (χ0v) is 19.7. The molecule has 1 N–H and O–H groups in total. The highest BCUT2D eigenvalue weighted by molar-refractivity contribution is 6.30. The highest BCUT2D eigenvalue weighted by Crippen LogP contribution is 2.24. The van der Waals surface area contributed by atoms with E-state index in [9.17, 15) is 4.79 Å². The number of likely N-dealkylation sites (tertiary alicyclic amines) is 1. The van der Waals surface area contributed by atoms with Crippen molar-refractivity contribution < 1.29 is 9.53 Å². The minimum Gasteiger partial charge on any atom is -0.444 e. The van der Waals surface area contributed by atoms with E-state index in [1.54, 1.807) is 0 Å². The summed E-state index contributed by atoms with van der Waals surface area (Å²) in [5, 5.41) is 4.29. The fraction of sp³-hybridized carbons (Fsp3) is 0.440. The van der Waals surface area contributed by atoms with Gasteiger partial charge in [0, 0.05) is 24.7 Å². The van der Waals surface area contributed by atoms with Crippen molar-refractivity contribution in [2.24, 2.45) is 5.92 Å². The van der Waals surface area contributed by atoms with Crippen molar-refractivity contribution in [3.8, 4) is 0 Å². The smallest absolute Gasteiger partial charge is 0.410 e. The molecule has 1 atom stereocenters. The second-order valence-corrected chi connectivity index (χ2v) is 9.89. The Labute approximate surface area is 194 Å². The third kappa shape index (κ3) is 5.54.